The van der Waals surface area contributed by atoms with Crippen LogP contribution in [0.1, 0.15) is 17.5 Å². The number of carboxylic acid groups (broad SMARTS) is 1. The summed E-state index contributed by atoms with van der Waals surface area (Å²) in [6, 6.07) is -0.990. The average Bonchev–Trinajstić information content (AvgIpc) is 2.90. The summed E-state index contributed by atoms with van der Waals surface area (Å²) in [4.78, 5) is 29.8. The molecule has 0 aromatic carbocycles. The predicted molar refractivity (Wildman–Crippen MR) is 88.7 cm³/mol. The molecule has 2 heterocycles. The number of carbonyl (C=O) groups is 2. The first-order valence-corrected chi connectivity index (χ1v) is 8.13. The molecule has 6 nitrogen and oxygen atoms in total. The number of nitrogens with zero attached hydrogens (tertiary/aromatic N) is 2. The fraction of sp³-hybridized carbons (Fsp3) is 0.357. The normalized spacial score (nSPS) is 22.7. The van der Waals surface area contributed by atoms with Gasteiger partial charge in [-0.3, -0.25) is 9.69 Å². The molecule has 2 atom stereocenters. The number of hydrogen-bond acceptors (Lipinski definition) is 6. The molecule has 1 aliphatic heterocycles. The second-order valence-electron chi connectivity index (χ2n) is 4.95. The van der Waals surface area contributed by atoms with Crippen molar-refractivity contribution in [3.05, 3.63) is 33.4 Å². The summed E-state index contributed by atoms with van der Waals surface area (Å²) in [7, 11) is 0. The zero-order valence-corrected chi connectivity index (χ0v) is 13.9. The van der Waals surface area contributed by atoms with E-state index in [4.69, 9.17) is 5.73 Å². The third kappa shape index (κ3) is 2.94. The Bertz CT molecular complexity index is 666. The molecule has 0 bridgehead atoms. The van der Waals surface area contributed by atoms with Crippen molar-refractivity contribution in [2.45, 2.75) is 25.9 Å². The van der Waals surface area contributed by atoms with Gasteiger partial charge in [0.05, 0.1) is 17.2 Å². The number of thiol groups is 1. The van der Waals surface area contributed by atoms with Crippen molar-refractivity contribution >= 4 is 41.9 Å². The molecule has 1 fully saturated rings. The van der Waals surface area contributed by atoms with Crippen molar-refractivity contribution in [2.75, 3.05) is 5.75 Å². The SMILES string of the molecule is Cc1ncsc1/C=C\C(CS)=C(/C(=O)O)N1C(=O)[C@@H](N)[C@H]1C. The molecule has 1 amide bonds. The highest BCUT2D eigenvalue weighted by Gasteiger charge is 2.46. The van der Waals surface area contributed by atoms with Gasteiger partial charge >= 0.3 is 5.97 Å². The molecule has 2 rings (SSSR count). The first-order chi connectivity index (χ1) is 10.4. The van der Waals surface area contributed by atoms with Crippen LogP contribution in [-0.4, -0.2) is 44.7 Å². The number of allylic oxidation sites excluding steroid dienone is 1. The minimum Gasteiger partial charge on any atom is -0.477 e. The van der Waals surface area contributed by atoms with E-state index in [9.17, 15) is 14.7 Å². The molecular formula is C14H17N3O3S2. The van der Waals surface area contributed by atoms with Gasteiger partial charge < -0.3 is 10.8 Å². The van der Waals surface area contributed by atoms with Crippen LogP contribution in [0.5, 0.6) is 0 Å². The lowest BCUT2D eigenvalue weighted by Gasteiger charge is -2.43. The van der Waals surface area contributed by atoms with Gasteiger partial charge in [0.2, 0.25) is 5.91 Å². The molecule has 1 aromatic heterocycles. The quantitative estimate of drug-likeness (QED) is 0.325. The molecule has 1 saturated heterocycles. The van der Waals surface area contributed by atoms with Crippen molar-refractivity contribution in [2.24, 2.45) is 5.73 Å². The molecule has 1 aliphatic rings. The number of aromatic nitrogens is 1. The highest BCUT2D eigenvalue weighted by molar-refractivity contribution is 7.80. The van der Waals surface area contributed by atoms with Gasteiger partial charge in [-0.05, 0) is 25.5 Å². The fourth-order valence-corrected chi connectivity index (χ4v) is 3.16. The van der Waals surface area contributed by atoms with Gasteiger partial charge in [-0.25, -0.2) is 9.78 Å². The Hall–Kier alpha value is -1.64. The molecule has 8 heteroatoms. The summed E-state index contributed by atoms with van der Waals surface area (Å²) >= 11 is 5.65. The zero-order valence-electron chi connectivity index (χ0n) is 12.2. The topological polar surface area (TPSA) is 96.5 Å². The Morgan fingerprint density at radius 3 is 2.77 bits per heavy atom. The van der Waals surface area contributed by atoms with Crippen LogP contribution >= 0.6 is 24.0 Å². The number of amides is 1. The summed E-state index contributed by atoms with van der Waals surface area (Å²) < 4.78 is 0. The molecule has 3 N–H and O–H groups in total. The van der Waals surface area contributed by atoms with Crippen LogP contribution in [0, 0.1) is 6.92 Å². The van der Waals surface area contributed by atoms with E-state index in [-0.39, 0.29) is 23.4 Å². The maximum absolute atomic E-state index is 11.9. The fourth-order valence-electron chi connectivity index (χ4n) is 2.21. The van der Waals surface area contributed by atoms with Gasteiger partial charge in [0.1, 0.15) is 11.7 Å². The van der Waals surface area contributed by atoms with Gasteiger partial charge in [0, 0.05) is 10.6 Å². The van der Waals surface area contributed by atoms with Gasteiger partial charge in [-0.1, -0.05) is 6.08 Å². The van der Waals surface area contributed by atoms with E-state index in [0.29, 0.717) is 5.57 Å². The van der Waals surface area contributed by atoms with Gasteiger partial charge in [0.25, 0.3) is 0 Å². The number of carboxylic acids is 1. The van der Waals surface area contributed by atoms with E-state index in [1.165, 1.54) is 16.2 Å². The van der Waals surface area contributed by atoms with E-state index < -0.39 is 12.0 Å². The number of β-lactam (4-membered cyclic amide) rings is 1. The molecule has 1 aromatic rings. The lowest BCUT2D eigenvalue weighted by molar-refractivity contribution is -0.150. The van der Waals surface area contributed by atoms with Gasteiger partial charge in [0.15, 0.2) is 0 Å². The monoisotopic (exact) mass is 339 g/mol. The van der Waals surface area contributed by atoms with E-state index in [0.717, 1.165) is 10.6 Å². The van der Waals surface area contributed by atoms with Crippen LogP contribution in [0.4, 0.5) is 0 Å². The van der Waals surface area contributed by atoms with Crippen molar-refractivity contribution in [3.63, 3.8) is 0 Å². The molecule has 0 saturated carbocycles. The van der Waals surface area contributed by atoms with Crippen molar-refractivity contribution in [1.29, 1.82) is 0 Å². The highest BCUT2D eigenvalue weighted by atomic mass is 32.1. The Morgan fingerprint density at radius 2 is 2.32 bits per heavy atom. The zero-order chi connectivity index (χ0) is 16.4. The molecule has 0 aliphatic carbocycles. The molecule has 0 radical (unpaired) electrons. The van der Waals surface area contributed by atoms with E-state index in [1.54, 1.807) is 24.6 Å². The lowest BCUT2D eigenvalue weighted by atomic mass is 9.95. The van der Waals surface area contributed by atoms with Crippen LogP contribution in [0.3, 0.4) is 0 Å². The molecular weight excluding hydrogens is 322 g/mol. The van der Waals surface area contributed by atoms with Crippen LogP contribution in [0.2, 0.25) is 0 Å². The van der Waals surface area contributed by atoms with Crippen LogP contribution in [0.15, 0.2) is 22.9 Å². The van der Waals surface area contributed by atoms with Crippen molar-refractivity contribution < 1.29 is 14.7 Å². The smallest absolute Gasteiger partial charge is 0.352 e. The number of aliphatic carboxylic acids is 1. The Labute approximate surface area is 137 Å². The standard InChI is InChI=1S/C14H17N3O3S2/c1-7-10(22-6-16-7)4-3-9(5-21)12(14(19)20)17-8(2)11(15)13(17)18/h3-4,6,8,11,21H,5,15H2,1-2H3,(H,19,20)/b4-3-,12-9-/t8-,11+/m1/s1. The summed E-state index contributed by atoms with van der Waals surface area (Å²) in [6.07, 6.45) is 3.46. The maximum Gasteiger partial charge on any atom is 0.352 e. The molecule has 118 valence electrons. The Balaban J connectivity index is 2.39. The van der Waals surface area contributed by atoms with Crippen LogP contribution < -0.4 is 5.73 Å². The predicted octanol–water partition coefficient (Wildman–Crippen LogP) is 1.29. The second kappa shape index (κ2) is 6.64. The Kier molecular flexibility index (Phi) is 5.05. The second-order valence-corrected chi connectivity index (χ2v) is 6.15. The average molecular weight is 339 g/mol. The number of aryl methyl sites for hydroxylation is 1. The number of hydrogen-bond donors (Lipinski definition) is 3. The molecule has 22 heavy (non-hydrogen) atoms. The third-order valence-corrected chi connectivity index (χ3v) is 4.82. The number of thiazole rings is 1. The van der Waals surface area contributed by atoms with Crippen LogP contribution in [0.25, 0.3) is 6.08 Å². The van der Waals surface area contributed by atoms with E-state index in [1.807, 2.05) is 6.92 Å². The molecule has 0 unspecified atom stereocenters. The number of likely N-dealkylation sites (tertiary alicyclic amines) is 1. The first-order valence-electron chi connectivity index (χ1n) is 6.62. The largest absolute Gasteiger partial charge is 0.477 e. The maximum atomic E-state index is 11.9. The first kappa shape index (κ1) is 16.7. The highest BCUT2D eigenvalue weighted by Crippen LogP contribution is 2.27. The lowest BCUT2D eigenvalue weighted by Crippen LogP contribution is -2.67. The molecule has 0 spiro atoms. The third-order valence-electron chi connectivity index (χ3n) is 3.59. The number of nitrogens with two attached hydrogens (primary N) is 1. The minimum absolute atomic E-state index is 0.0624. The summed E-state index contributed by atoms with van der Waals surface area (Å²) in [5.74, 6) is -1.35. The van der Waals surface area contributed by atoms with Crippen molar-refractivity contribution in [3.8, 4) is 0 Å². The van der Waals surface area contributed by atoms with E-state index >= 15 is 0 Å². The number of carbonyl (C=O) groups excluding carboxylic acids is 1. The van der Waals surface area contributed by atoms with Gasteiger partial charge in [-0.15, -0.1) is 11.3 Å². The van der Waals surface area contributed by atoms with Crippen LogP contribution in [-0.2, 0) is 9.59 Å². The number of rotatable bonds is 5. The van der Waals surface area contributed by atoms with Gasteiger partial charge in [-0.2, -0.15) is 12.6 Å². The summed E-state index contributed by atoms with van der Waals surface area (Å²) in [6.45, 7) is 3.60. The minimum atomic E-state index is -1.16. The van der Waals surface area contributed by atoms with Crippen molar-refractivity contribution in [1.82, 2.24) is 9.88 Å². The summed E-state index contributed by atoms with van der Waals surface area (Å²) in [5.41, 5.74) is 8.64. The van der Waals surface area contributed by atoms with E-state index in [2.05, 4.69) is 17.6 Å². The Morgan fingerprint density at radius 1 is 1.64 bits per heavy atom. The summed E-state index contributed by atoms with van der Waals surface area (Å²) in [5, 5.41) is 9.47.